The van der Waals surface area contributed by atoms with E-state index in [1.807, 2.05) is 0 Å². The maximum Gasteiger partial charge on any atom is 0.166 e. The number of halogens is 2. The van der Waals surface area contributed by atoms with E-state index < -0.39 is 5.82 Å². The minimum atomic E-state index is -0.521. The summed E-state index contributed by atoms with van der Waals surface area (Å²) in [6.45, 7) is -0.0164. The summed E-state index contributed by atoms with van der Waals surface area (Å²) in [6.07, 6.45) is 0.791. The van der Waals surface area contributed by atoms with Gasteiger partial charge in [0.15, 0.2) is 11.5 Å². The summed E-state index contributed by atoms with van der Waals surface area (Å²) in [7, 11) is 2.90. The van der Waals surface area contributed by atoms with Crippen LogP contribution in [0.5, 0.6) is 11.5 Å². The Balaban J connectivity index is 3.23. The predicted molar refractivity (Wildman–Crippen MR) is 59.9 cm³/mol. The molecule has 0 saturated carbocycles. The van der Waals surface area contributed by atoms with Crippen molar-refractivity contribution in [2.75, 3.05) is 20.8 Å². The van der Waals surface area contributed by atoms with Gasteiger partial charge in [-0.25, -0.2) is 4.39 Å². The Morgan fingerprint density at radius 2 is 2.06 bits per heavy atom. The highest BCUT2D eigenvalue weighted by atomic mass is 35.5. The number of hydrogen-bond donors (Lipinski definition) is 1. The van der Waals surface area contributed by atoms with Crippen LogP contribution in [-0.2, 0) is 6.42 Å². The third kappa shape index (κ3) is 2.57. The van der Waals surface area contributed by atoms with Crippen LogP contribution >= 0.6 is 11.6 Å². The Morgan fingerprint density at radius 3 is 2.56 bits per heavy atom. The molecule has 5 heteroatoms. The normalized spacial score (nSPS) is 10.3. The Labute approximate surface area is 98.7 Å². The molecular formula is C11H14ClFO3. The Bertz CT molecular complexity index is 369. The molecule has 0 amide bonds. The van der Waals surface area contributed by atoms with Gasteiger partial charge in [0.05, 0.1) is 19.2 Å². The number of methoxy groups -OCH3 is 2. The second-order valence-electron chi connectivity index (χ2n) is 3.21. The van der Waals surface area contributed by atoms with E-state index in [4.69, 9.17) is 26.2 Å². The van der Waals surface area contributed by atoms with Gasteiger partial charge in [-0.15, -0.1) is 0 Å². The van der Waals surface area contributed by atoms with Gasteiger partial charge in [-0.2, -0.15) is 0 Å². The highest BCUT2D eigenvalue weighted by molar-refractivity contribution is 6.31. The fourth-order valence-corrected chi connectivity index (χ4v) is 1.70. The van der Waals surface area contributed by atoms with Crippen LogP contribution in [0, 0.1) is 5.82 Å². The van der Waals surface area contributed by atoms with Gasteiger partial charge in [0.1, 0.15) is 5.82 Å². The summed E-state index contributed by atoms with van der Waals surface area (Å²) in [5, 5.41) is 8.74. The summed E-state index contributed by atoms with van der Waals surface area (Å²) >= 11 is 5.73. The van der Waals surface area contributed by atoms with E-state index in [0.717, 1.165) is 0 Å². The molecule has 0 unspecified atom stereocenters. The van der Waals surface area contributed by atoms with Crippen molar-refractivity contribution in [3.05, 3.63) is 22.5 Å². The zero-order valence-electron chi connectivity index (χ0n) is 9.22. The van der Waals surface area contributed by atoms with Crippen molar-refractivity contribution >= 4 is 11.6 Å². The maximum absolute atomic E-state index is 13.7. The minimum absolute atomic E-state index is 0.00871. The van der Waals surface area contributed by atoms with E-state index >= 15 is 0 Å². The first-order valence-corrected chi connectivity index (χ1v) is 5.23. The number of aliphatic hydroxyl groups is 1. The first-order valence-electron chi connectivity index (χ1n) is 4.85. The number of aliphatic hydroxyl groups excluding tert-OH is 1. The second-order valence-corrected chi connectivity index (χ2v) is 3.62. The summed E-state index contributed by atoms with van der Waals surface area (Å²) < 4.78 is 23.9. The lowest BCUT2D eigenvalue weighted by molar-refractivity contribution is 0.286. The van der Waals surface area contributed by atoms with Crippen LogP contribution in [0.25, 0.3) is 0 Å². The van der Waals surface area contributed by atoms with Gasteiger partial charge in [0.25, 0.3) is 0 Å². The summed E-state index contributed by atoms with van der Waals surface area (Å²) in [4.78, 5) is 0. The highest BCUT2D eigenvalue weighted by Crippen LogP contribution is 2.37. The van der Waals surface area contributed by atoms with Crippen molar-refractivity contribution in [2.45, 2.75) is 12.8 Å². The molecule has 0 bridgehead atoms. The molecule has 90 valence electrons. The Hall–Kier alpha value is -1.00. The van der Waals surface area contributed by atoms with E-state index in [1.54, 1.807) is 0 Å². The van der Waals surface area contributed by atoms with Crippen molar-refractivity contribution in [1.82, 2.24) is 0 Å². The number of benzene rings is 1. The van der Waals surface area contributed by atoms with Crippen LogP contribution in [-0.4, -0.2) is 25.9 Å². The second kappa shape index (κ2) is 5.92. The van der Waals surface area contributed by atoms with Crippen LogP contribution in [0.4, 0.5) is 4.39 Å². The molecule has 0 aliphatic rings. The van der Waals surface area contributed by atoms with Crippen LogP contribution in [0.15, 0.2) is 6.07 Å². The molecule has 0 radical (unpaired) electrons. The summed E-state index contributed by atoms with van der Waals surface area (Å²) in [6, 6.07) is 1.37. The topological polar surface area (TPSA) is 38.7 Å². The fraction of sp³-hybridized carbons (Fsp3) is 0.455. The van der Waals surface area contributed by atoms with E-state index in [-0.39, 0.29) is 11.6 Å². The van der Waals surface area contributed by atoms with Gasteiger partial charge < -0.3 is 14.6 Å². The standard InChI is InChI=1S/C11H14ClFO3/c1-15-9-6-8(12)10(13)7(4-3-5-14)11(9)16-2/h6,14H,3-5H2,1-2H3. The van der Waals surface area contributed by atoms with Gasteiger partial charge in [0, 0.05) is 18.2 Å². The van der Waals surface area contributed by atoms with Crippen LogP contribution in [0.1, 0.15) is 12.0 Å². The van der Waals surface area contributed by atoms with E-state index in [0.29, 0.717) is 29.9 Å². The van der Waals surface area contributed by atoms with Gasteiger partial charge >= 0.3 is 0 Å². The van der Waals surface area contributed by atoms with Gasteiger partial charge in [-0.05, 0) is 12.8 Å². The maximum atomic E-state index is 13.7. The van der Waals surface area contributed by atoms with Crippen LogP contribution in [0.3, 0.4) is 0 Å². The third-order valence-electron chi connectivity index (χ3n) is 2.24. The number of ether oxygens (including phenoxy) is 2. The fourth-order valence-electron chi connectivity index (χ4n) is 1.49. The Morgan fingerprint density at radius 1 is 1.38 bits per heavy atom. The average Bonchev–Trinajstić information content (AvgIpc) is 2.30. The van der Waals surface area contributed by atoms with E-state index in [2.05, 4.69) is 0 Å². The zero-order valence-corrected chi connectivity index (χ0v) is 9.97. The molecule has 1 rings (SSSR count). The summed E-state index contributed by atoms with van der Waals surface area (Å²) in [5.41, 5.74) is 0.334. The molecular weight excluding hydrogens is 235 g/mol. The molecule has 16 heavy (non-hydrogen) atoms. The lowest BCUT2D eigenvalue weighted by Gasteiger charge is -2.14. The van der Waals surface area contributed by atoms with Crippen molar-refractivity contribution in [2.24, 2.45) is 0 Å². The molecule has 0 atom stereocenters. The molecule has 0 aliphatic carbocycles. The van der Waals surface area contributed by atoms with E-state index in [1.165, 1.54) is 20.3 Å². The Kier molecular flexibility index (Phi) is 4.83. The average molecular weight is 249 g/mol. The SMILES string of the molecule is COc1cc(Cl)c(F)c(CCCO)c1OC. The van der Waals surface area contributed by atoms with Crippen molar-refractivity contribution in [3.63, 3.8) is 0 Å². The molecule has 0 aromatic heterocycles. The van der Waals surface area contributed by atoms with Gasteiger partial charge in [-0.3, -0.25) is 0 Å². The molecule has 3 nitrogen and oxygen atoms in total. The van der Waals surface area contributed by atoms with Crippen LogP contribution < -0.4 is 9.47 Å². The molecule has 0 fully saturated rings. The lowest BCUT2D eigenvalue weighted by Crippen LogP contribution is -2.01. The lowest BCUT2D eigenvalue weighted by atomic mass is 10.1. The molecule has 1 N–H and O–H groups in total. The van der Waals surface area contributed by atoms with Crippen LogP contribution in [0.2, 0.25) is 5.02 Å². The van der Waals surface area contributed by atoms with Crippen molar-refractivity contribution in [3.8, 4) is 11.5 Å². The van der Waals surface area contributed by atoms with Crippen molar-refractivity contribution < 1.29 is 19.0 Å². The first-order chi connectivity index (χ1) is 7.65. The molecule has 0 spiro atoms. The molecule has 0 heterocycles. The summed E-state index contributed by atoms with van der Waals surface area (Å²) in [5.74, 6) is 0.201. The zero-order chi connectivity index (χ0) is 12.1. The predicted octanol–water partition coefficient (Wildman–Crippen LogP) is 2.42. The molecule has 1 aromatic carbocycles. The molecule has 0 saturated heterocycles. The monoisotopic (exact) mass is 248 g/mol. The highest BCUT2D eigenvalue weighted by Gasteiger charge is 2.18. The quantitative estimate of drug-likeness (QED) is 0.870. The molecule has 1 aromatic rings. The largest absolute Gasteiger partial charge is 0.493 e. The first kappa shape index (κ1) is 13.1. The molecule has 0 aliphatic heterocycles. The smallest absolute Gasteiger partial charge is 0.166 e. The minimum Gasteiger partial charge on any atom is -0.493 e. The third-order valence-corrected chi connectivity index (χ3v) is 2.51. The van der Waals surface area contributed by atoms with Gasteiger partial charge in [0.2, 0.25) is 0 Å². The van der Waals surface area contributed by atoms with Gasteiger partial charge in [-0.1, -0.05) is 11.6 Å². The number of rotatable bonds is 5. The van der Waals surface area contributed by atoms with Crippen molar-refractivity contribution in [1.29, 1.82) is 0 Å². The number of hydrogen-bond acceptors (Lipinski definition) is 3. The van der Waals surface area contributed by atoms with E-state index in [9.17, 15) is 4.39 Å².